The molecule has 1 rings (SSSR count). The number of nitrogens with zero attached hydrogens (tertiary/aromatic N) is 2. The number of hydrogen-bond donors (Lipinski definition) is 1. The number of amides is 1. The molecule has 1 amide bonds. The van der Waals surface area contributed by atoms with E-state index in [1.807, 2.05) is 49.3 Å². The summed E-state index contributed by atoms with van der Waals surface area (Å²) in [6, 6.07) is 8.99. The predicted octanol–water partition coefficient (Wildman–Crippen LogP) is 1.73. The maximum Gasteiger partial charge on any atom is 0.244 e. The SMILES string of the molecule is CC(C)CN(CCN(C)C)C(=O)[C@@H](N)c1ccccc1. The normalized spacial score (nSPS) is 12.8. The first-order chi connectivity index (χ1) is 9.41. The Labute approximate surface area is 122 Å². The molecule has 0 spiro atoms. The third-order valence-corrected chi connectivity index (χ3v) is 3.14. The van der Waals surface area contributed by atoms with Crippen LogP contribution in [-0.4, -0.2) is 49.4 Å². The first kappa shape index (κ1) is 16.7. The van der Waals surface area contributed by atoms with E-state index in [1.54, 1.807) is 0 Å². The van der Waals surface area contributed by atoms with Gasteiger partial charge in [-0.3, -0.25) is 4.79 Å². The lowest BCUT2D eigenvalue weighted by molar-refractivity contribution is -0.133. The van der Waals surface area contributed by atoms with Crippen molar-refractivity contribution in [1.82, 2.24) is 9.80 Å². The summed E-state index contributed by atoms with van der Waals surface area (Å²) in [5, 5.41) is 0. The van der Waals surface area contributed by atoms with Crippen LogP contribution in [0.1, 0.15) is 25.5 Å². The van der Waals surface area contributed by atoms with Gasteiger partial charge in [0.15, 0.2) is 0 Å². The fourth-order valence-electron chi connectivity index (χ4n) is 2.05. The molecule has 2 N–H and O–H groups in total. The summed E-state index contributed by atoms with van der Waals surface area (Å²) in [5.74, 6) is 0.441. The van der Waals surface area contributed by atoms with Crippen molar-refractivity contribution in [3.63, 3.8) is 0 Å². The van der Waals surface area contributed by atoms with Crippen LogP contribution in [0.2, 0.25) is 0 Å². The molecule has 0 aliphatic rings. The van der Waals surface area contributed by atoms with Crippen LogP contribution in [0.5, 0.6) is 0 Å². The van der Waals surface area contributed by atoms with Gasteiger partial charge in [0.05, 0.1) is 0 Å². The van der Waals surface area contributed by atoms with E-state index in [0.29, 0.717) is 12.5 Å². The molecule has 20 heavy (non-hydrogen) atoms. The van der Waals surface area contributed by atoms with Crippen molar-refractivity contribution in [1.29, 1.82) is 0 Å². The van der Waals surface area contributed by atoms with Gasteiger partial charge in [-0.05, 0) is 25.6 Å². The van der Waals surface area contributed by atoms with Gasteiger partial charge in [0, 0.05) is 19.6 Å². The number of benzene rings is 1. The summed E-state index contributed by atoms with van der Waals surface area (Å²) < 4.78 is 0. The topological polar surface area (TPSA) is 49.6 Å². The Morgan fingerprint density at radius 3 is 2.25 bits per heavy atom. The molecule has 0 bridgehead atoms. The fraction of sp³-hybridized carbons (Fsp3) is 0.562. The molecule has 1 aromatic carbocycles. The highest BCUT2D eigenvalue weighted by molar-refractivity contribution is 5.83. The molecular formula is C16H27N3O. The van der Waals surface area contributed by atoms with E-state index in [0.717, 1.165) is 18.7 Å². The van der Waals surface area contributed by atoms with Crippen LogP contribution >= 0.6 is 0 Å². The van der Waals surface area contributed by atoms with E-state index in [-0.39, 0.29) is 5.91 Å². The standard InChI is InChI=1S/C16H27N3O/c1-13(2)12-19(11-10-18(3)4)16(20)15(17)14-8-6-5-7-9-14/h5-9,13,15H,10-12,17H2,1-4H3/t15-/m0/s1. The minimum Gasteiger partial charge on any atom is -0.340 e. The highest BCUT2D eigenvalue weighted by Crippen LogP contribution is 2.14. The zero-order valence-corrected chi connectivity index (χ0v) is 13.0. The van der Waals surface area contributed by atoms with Crippen LogP contribution in [0.4, 0.5) is 0 Å². The molecule has 0 unspecified atom stereocenters. The number of hydrogen-bond acceptors (Lipinski definition) is 3. The molecule has 0 fully saturated rings. The van der Waals surface area contributed by atoms with Crippen LogP contribution in [0, 0.1) is 5.92 Å². The lowest BCUT2D eigenvalue weighted by Gasteiger charge is -2.28. The molecule has 1 atom stereocenters. The molecule has 0 saturated carbocycles. The smallest absolute Gasteiger partial charge is 0.244 e. The predicted molar refractivity (Wildman–Crippen MR) is 83.3 cm³/mol. The summed E-state index contributed by atoms with van der Waals surface area (Å²) in [6.07, 6.45) is 0. The molecule has 1 aromatic rings. The monoisotopic (exact) mass is 277 g/mol. The summed E-state index contributed by atoms with van der Waals surface area (Å²) in [6.45, 7) is 6.53. The number of carbonyl (C=O) groups excluding carboxylic acids is 1. The van der Waals surface area contributed by atoms with E-state index in [9.17, 15) is 4.79 Å². The van der Waals surface area contributed by atoms with E-state index in [2.05, 4.69) is 18.7 Å². The van der Waals surface area contributed by atoms with Gasteiger partial charge in [-0.25, -0.2) is 0 Å². The minimum absolute atomic E-state index is 0.00625. The van der Waals surface area contributed by atoms with Gasteiger partial charge in [0.1, 0.15) is 6.04 Å². The Hall–Kier alpha value is -1.39. The fourth-order valence-corrected chi connectivity index (χ4v) is 2.05. The molecule has 112 valence electrons. The van der Waals surface area contributed by atoms with E-state index < -0.39 is 6.04 Å². The first-order valence-corrected chi connectivity index (χ1v) is 7.16. The van der Waals surface area contributed by atoms with Crippen molar-refractivity contribution in [2.45, 2.75) is 19.9 Å². The van der Waals surface area contributed by atoms with Crippen molar-refractivity contribution >= 4 is 5.91 Å². The van der Waals surface area contributed by atoms with Gasteiger partial charge in [-0.15, -0.1) is 0 Å². The van der Waals surface area contributed by atoms with Crippen LogP contribution in [-0.2, 0) is 4.79 Å². The molecule has 0 aliphatic heterocycles. The Kier molecular flexibility index (Phi) is 6.68. The maximum absolute atomic E-state index is 12.6. The van der Waals surface area contributed by atoms with Crippen molar-refractivity contribution in [2.24, 2.45) is 11.7 Å². The maximum atomic E-state index is 12.6. The lowest BCUT2D eigenvalue weighted by Crippen LogP contribution is -2.43. The molecule has 4 nitrogen and oxygen atoms in total. The highest BCUT2D eigenvalue weighted by atomic mass is 16.2. The molecule has 0 aromatic heterocycles. The van der Waals surface area contributed by atoms with Gasteiger partial charge in [0.25, 0.3) is 0 Å². The number of nitrogens with two attached hydrogens (primary N) is 1. The van der Waals surface area contributed by atoms with Gasteiger partial charge >= 0.3 is 0 Å². The lowest BCUT2D eigenvalue weighted by atomic mass is 10.1. The van der Waals surface area contributed by atoms with E-state index >= 15 is 0 Å². The highest BCUT2D eigenvalue weighted by Gasteiger charge is 2.22. The number of rotatable bonds is 7. The molecule has 0 aliphatic carbocycles. The van der Waals surface area contributed by atoms with Gasteiger partial charge in [-0.2, -0.15) is 0 Å². The second-order valence-corrected chi connectivity index (χ2v) is 5.87. The molecule has 0 saturated heterocycles. The third kappa shape index (κ3) is 5.31. The minimum atomic E-state index is -0.572. The van der Waals surface area contributed by atoms with Gasteiger partial charge < -0.3 is 15.5 Å². The second-order valence-electron chi connectivity index (χ2n) is 5.87. The van der Waals surface area contributed by atoms with Crippen molar-refractivity contribution < 1.29 is 4.79 Å². The average molecular weight is 277 g/mol. The summed E-state index contributed by atoms with van der Waals surface area (Å²) in [7, 11) is 4.02. The Morgan fingerprint density at radius 1 is 1.15 bits per heavy atom. The number of likely N-dealkylation sites (N-methyl/N-ethyl adjacent to an activating group) is 1. The van der Waals surface area contributed by atoms with Crippen molar-refractivity contribution in [3.05, 3.63) is 35.9 Å². The molecule has 0 radical (unpaired) electrons. The van der Waals surface area contributed by atoms with Crippen LogP contribution in [0.15, 0.2) is 30.3 Å². The average Bonchev–Trinajstić information content (AvgIpc) is 2.42. The van der Waals surface area contributed by atoms with Crippen molar-refractivity contribution in [3.8, 4) is 0 Å². The van der Waals surface area contributed by atoms with Gasteiger partial charge in [-0.1, -0.05) is 44.2 Å². The van der Waals surface area contributed by atoms with Crippen molar-refractivity contribution in [2.75, 3.05) is 33.7 Å². The third-order valence-electron chi connectivity index (χ3n) is 3.14. The Bertz CT molecular complexity index is 403. The van der Waals surface area contributed by atoms with Gasteiger partial charge in [0.2, 0.25) is 5.91 Å². The Morgan fingerprint density at radius 2 is 1.75 bits per heavy atom. The first-order valence-electron chi connectivity index (χ1n) is 7.16. The van der Waals surface area contributed by atoms with Crippen LogP contribution in [0.3, 0.4) is 0 Å². The summed E-state index contributed by atoms with van der Waals surface area (Å²) >= 11 is 0. The zero-order valence-electron chi connectivity index (χ0n) is 13.0. The molecule has 4 heteroatoms. The quantitative estimate of drug-likeness (QED) is 0.826. The van der Waals surface area contributed by atoms with Crippen LogP contribution < -0.4 is 5.73 Å². The second kappa shape index (κ2) is 8.02. The van der Waals surface area contributed by atoms with Crippen LogP contribution in [0.25, 0.3) is 0 Å². The summed E-state index contributed by atoms with van der Waals surface area (Å²) in [4.78, 5) is 16.5. The largest absolute Gasteiger partial charge is 0.340 e. The molecular weight excluding hydrogens is 250 g/mol. The van der Waals surface area contributed by atoms with E-state index in [1.165, 1.54) is 0 Å². The molecule has 0 heterocycles. The Balaban J connectivity index is 2.75. The van der Waals surface area contributed by atoms with E-state index in [4.69, 9.17) is 5.73 Å². The number of carbonyl (C=O) groups is 1. The zero-order chi connectivity index (χ0) is 15.1. The summed E-state index contributed by atoms with van der Waals surface area (Å²) in [5.41, 5.74) is 6.99.